The van der Waals surface area contributed by atoms with Crippen molar-refractivity contribution in [1.82, 2.24) is 10.6 Å². The molecule has 0 aromatic carbocycles. The average molecular weight is 226 g/mol. The lowest BCUT2D eigenvalue weighted by Crippen LogP contribution is -2.55. The van der Waals surface area contributed by atoms with E-state index in [4.69, 9.17) is 4.74 Å². The van der Waals surface area contributed by atoms with Gasteiger partial charge in [-0.2, -0.15) is 0 Å². The molecule has 5 nitrogen and oxygen atoms in total. The molecule has 0 aromatic heterocycles. The quantitative estimate of drug-likeness (QED) is 0.693. The maximum atomic E-state index is 11.9. The molecule has 0 spiro atoms. The normalized spacial score (nSPS) is 34.6. The van der Waals surface area contributed by atoms with E-state index in [-0.39, 0.29) is 23.4 Å². The molecule has 2 N–H and O–H groups in total. The van der Waals surface area contributed by atoms with Crippen LogP contribution in [-0.2, 0) is 14.3 Å². The van der Waals surface area contributed by atoms with Crippen LogP contribution in [0.1, 0.15) is 32.6 Å². The molecule has 2 rings (SSSR count). The third-order valence-electron chi connectivity index (χ3n) is 3.17. The van der Waals surface area contributed by atoms with Crippen LogP contribution in [0.15, 0.2) is 0 Å². The molecule has 2 amide bonds. The fourth-order valence-electron chi connectivity index (χ4n) is 2.23. The molecule has 0 saturated carbocycles. The van der Waals surface area contributed by atoms with Gasteiger partial charge in [0.2, 0.25) is 11.8 Å². The van der Waals surface area contributed by atoms with Gasteiger partial charge in [-0.15, -0.1) is 0 Å². The zero-order valence-corrected chi connectivity index (χ0v) is 9.54. The van der Waals surface area contributed by atoms with Crippen molar-refractivity contribution in [3.63, 3.8) is 0 Å². The predicted molar refractivity (Wildman–Crippen MR) is 57.8 cm³/mol. The van der Waals surface area contributed by atoms with Gasteiger partial charge < -0.3 is 15.4 Å². The van der Waals surface area contributed by atoms with Gasteiger partial charge in [0.05, 0.1) is 12.1 Å². The fraction of sp³-hybridized carbons (Fsp3) is 0.818. The Labute approximate surface area is 94.9 Å². The van der Waals surface area contributed by atoms with Gasteiger partial charge >= 0.3 is 0 Å². The summed E-state index contributed by atoms with van der Waals surface area (Å²) in [6, 6.07) is -0.355. The first kappa shape index (κ1) is 11.4. The molecule has 90 valence electrons. The van der Waals surface area contributed by atoms with Crippen LogP contribution < -0.4 is 10.6 Å². The number of ether oxygens (including phenoxy) is 1. The SMILES string of the molecule is CC1(NC(=O)[C@H]2CCC(=O)N2)CCCOC1. The van der Waals surface area contributed by atoms with Crippen LogP contribution in [0.25, 0.3) is 0 Å². The van der Waals surface area contributed by atoms with Crippen LogP contribution in [0.3, 0.4) is 0 Å². The molecule has 16 heavy (non-hydrogen) atoms. The molecule has 5 heteroatoms. The molecule has 0 aromatic rings. The van der Waals surface area contributed by atoms with E-state index in [0.717, 1.165) is 19.4 Å². The lowest BCUT2D eigenvalue weighted by molar-refractivity contribution is -0.128. The first-order valence-electron chi connectivity index (χ1n) is 5.78. The second-order valence-electron chi connectivity index (χ2n) is 4.86. The molecular weight excluding hydrogens is 208 g/mol. The average Bonchev–Trinajstić information content (AvgIpc) is 2.65. The maximum absolute atomic E-state index is 11.9. The Bertz CT molecular complexity index is 298. The Morgan fingerprint density at radius 3 is 3.00 bits per heavy atom. The molecule has 2 fully saturated rings. The smallest absolute Gasteiger partial charge is 0.243 e. The summed E-state index contributed by atoms with van der Waals surface area (Å²) in [6.07, 6.45) is 2.94. The first-order chi connectivity index (χ1) is 7.59. The summed E-state index contributed by atoms with van der Waals surface area (Å²) >= 11 is 0. The standard InChI is InChI=1S/C11H18N2O3/c1-11(5-2-6-16-7-11)13-10(15)8-3-4-9(14)12-8/h8H,2-7H2,1H3,(H,12,14)(H,13,15)/t8-,11?/m1/s1. The van der Waals surface area contributed by atoms with Crippen molar-refractivity contribution >= 4 is 11.8 Å². The summed E-state index contributed by atoms with van der Waals surface area (Å²) in [7, 11) is 0. The molecule has 2 atom stereocenters. The van der Waals surface area contributed by atoms with Gasteiger partial charge in [-0.25, -0.2) is 0 Å². The number of amides is 2. The summed E-state index contributed by atoms with van der Waals surface area (Å²) in [6.45, 7) is 3.31. The van der Waals surface area contributed by atoms with Crippen LogP contribution in [0.5, 0.6) is 0 Å². The number of hydrogen-bond acceptors (Lipinski definition) is 3. The lowest BCUT2D eigenvalue weighted by Gasteiger charge is -2.35. The molecule has 2 aliphatic rings. The van der Waals surface area contributed by atoms with E-state index in [1.165, 1.54) is 0 Å². The predicted octanol–water partition coefficient (Wildman–Crippen LogP) is -0.0497. The van der Waals surface area contributed by atoms with Crippen molar-refractivity contribution in [3.8, 4) is 0 Å². The Morgan fingerprint density at radius 1 is 1.62 bits per heavy atom. The van der Waals surface area contributed by atoms with Crippen molar-refractivity contribution in [2.24, 2.45) is 0 Å². The summed E-state index contributed by atoms with van der Waals surface area (Å²) in [5, 5.41) is 5.65. The molecule has 2 aliphatic heterocycles. The molecular formula is C11H18N2O3. The van der Waals surface area contributed by atoms with Crippen LogP contribution in [0.4, 0.5) is 0 Å². The van der Waals surface area contributed by atoms with Gasteiger partial charge in [0.15, 0.2) is 0 Å². The largest absolute Gasteiger partial charge is 0.379 e. The van der Waals surface area contributed by atoms with E-state index in [1.807, 2.05) is 6.92 Å². The molecule has 0 bridgehead atoms. The molecule has 2 saturated heterocycles. The highest BCUT2D eigenvalue weighted by molar-refractivity contribution is 5.91. The molecule has 1 unspecified atom stereocenters. The van der Waals surface area contributed by atoms with E-state index in [9.17, 15) is 9.59 Å². The van der Waals surface area contributed by atoms with Crippen molar-refractivity contribution in [1.29, 1.82) is 0 Å². The number of nitrogens with one attached hydrogen (secondary N) is 2. The summed E-state index contributed by atoms with van der Waals surface area (Å²) in [5.41, 5.74) is -0.275. The van der Waals surface area contributed by atoms with E-state index < -0.39 is 0 Å². The highest BCUT2D eigenvalue weighted by Crippen LogP contribution is 2.19. The van der Waals surface area contributed by atoms with E-state index in [0.29, 0.717) is 19.4 Å². The summed E-state index contributed by atoms with van der Waals surface area (Å²) < 4.78 is 5.37. The number of rotatable bonds is 2. The Morgan fingerprint density at radius 2 is 2.44 bits per heavy atom. The van der Waals surface area contributed by atoms with Crippen LogP contribution in [0, 0.1) is 0 Å². The third-order valence-corrected chi connectivity index (χ3v) is 3.17. The van der Waals surface area contributed by atoms with E-state index in [2.05, 4.69) is 10.6 Å². The van der Waals surface area contributed by atoms with Gasteiger partial charge in [0.1, 0.15) is 6.04 Å². The monoisotopic (exact) mass is 226 g/mol. The van der Waals surface area contributed by atoms with Gasteiger partial charge in [-0.05, 0) is 26.2 Å². The van der Waals surface area contributed by atoms with Crippen molar-refractivity contribution in [2.75, 3.05) is 13.2 Å². The van der Waals surface area contributed by atoms with Gasteiger partial charge in [0, 0.05) is 13.0 Å². The van der Waals surface area contributed by atoms with Gasteiger partial charge in [0.25, 0.3) is 0 Å². The highest BCUT2D eigenvalue weighted by atomic mass is 16.5. The van der Waals surface area contributed by atoms with Crippen molar-refractivity contribution in [2.45, 2.75) is 44.2 Å². The Hall–Kier alpha value is -1.10. The summed E-state index contributed by atoms with van der Waals surface area (Å²) in [5.74, 6) is -0.121. The minimum atomic E-state index is -0.355. The minimum Gasteiger partial charge on any atom is -0.379 e. The first-order valence-corrected chi connectivity index (χ1v) is 5.78. The highest BCUT2D eigenvalue weighted by Gasteiger charge is 2.34. The second kappa shape index (κ2) is 4.41. The maximum Gasteiger partial charge on any atom is 0.243 e. The lowest BCUT2D eigenvalue weighted by atomic mass is 9.94. The molecule has 2 heterocycles. The van der Waals surface area contributed by atoms with Gasteiger partial charge in [-0.3, -0.25) is 9.59 Å². The van der Waals surface area contributed by atoms with Crippen LogP contribution in [0.2, 0.25) is 0 Å². The Balaban J connectivity index is 1.88. The summed E-state index contributed by atoms with van der Waals surface area (Å²) in [4.78, 5) is 22.9. The molecule has 0 radical (unpaired) electrons. The van der Waals surface area contributed by atoms with Crippen molar-refractivity contribution < 1.29 is 14.3 Å². The third kappa shape index (κ3) is 2.52. The van der Waals surface area contributed by atoms with Gasteiger partial charge in [-0.1, -0.05) is 0 Å². The second-order valence-corrected chi connectivity index (χ2v) is 4.86. The fourth-order valence-corrected chi connectivity index (χ4v) is 2.23. The zero-order valence-electron chi connectivity index (χ0n) is 9.54. The van der Waals surface area contributed by atoms with E-state index in [1.54, 1.807) is 0 Å². The van der Waals surface area contributed by atoms with Crippen molar-refractivity contribution in [3.05, 3.63) is 0 Å². The Kier molecular flexibility index (Phi) is 3.14. The number of carbonyl (C=O) groups excluding carboxylic acids is 2. The van der Waals surface area contributed by atoms with Crippen LogP contribution in [-0.4, -0.2) is 36.6 Å². The molecule has 0 aliphatic carbocycles. The zero-order chi connectivity index (χ0) is 11.6. The number of hydrogen-bond donors (Lipinski definition) is 2. The van der Waals surface area contributed by atoms with Crippen LogP contribution >= 0.6 is 0 Å². The number of carbonyl (C=O) groups is 2. The minimum absolute atomic E-state index is 0.0369. The topological polar surface area (TPSA) is 67.4 Å². The van der Waals surface area contributed by atoms with E-state index >= 15 is 0 Å².